The van der Waals surface area contributed by atoms with Gasteiger partial charge in [-0.25, -0.2) is 4.68 Å². The van der Waals surface area contributed by atoms with Gasteiger partial charge in [0, 0.05) is 31.4 Å². The van der Waals surface area contributed by atoms with Gasteiger partial charge >= 0.3 is 0 Å². The first-order valence-corrected chi connectivity index (χ1v) is 12.2. The first kappa shape index (κ1) is 23.8. The number of amides is 1. The first-order valence-electron chi connectivity index (χ1n) is 12.2. The van der Waals surface area contributed by atoms with Crippen molar-refractivity contribution in [1.82, 2.24) is 20.0 Å². The van der Waals surface area contributed by atoms with Gasteiger partial charge in [0.2, 0.25) is 0 Å². The third-order valence-corrected chi connectivity index (χ3v) is 6.47. The summed E-state index contributed by atoms with van der Waals surface area (Å²) in [5.74, 6) is 0.493. The maximum atomic E-state index is 13.7. The quantitative estimate of drug-likeness (QED) is 0.404. The molecule has 0 radical (unpaired) electrons. The number of ether oxygens (including phenoxy) is 2. The molecule has 1 N–H and O–H groups in total. The van der Waals surface area contributed by atoms with Crippen molar-refractivity contribution < 1.29 is 14.3 Å². The van der Waals surface area contributed by atoms with Crippen LogP contribution in [0, 0.1) is 0 Å². The van der Waals surface area contributed by atoms with Gasteiger partial charge in [0.25, 0.3) is 5.91 Å². The van der Waals surface area contributed by atoms with Gasteiger partial charge in [-0.3, -0.25) is 9.69 Å². The van der Waals surface area contributed by atoms with Gasteiger partial charge in [0.05, 0.1) is 37.6 Å². The van der Waals surface area contributed by atoms with Crippen LogP contribution in [-0.4, -0.2) is 60.5 Å². The van der Waals surface area contributed by atoms with E-state index in [1.54, 1.807) is 18.0 Å². The second kappa shape index (κ2) is 11.2. The van der Waals surface area contributed by atoms with E-state index in [1.165, 1.54) is 5.56 Å². The van der Waals surface area contributed by atoms with Gasteiger partial charge in [0.1, 0.15) is 11.4 Å². The molecule has 1 amide bonds. The summed E-state index contributed by atoms with van der Waals surface area (Å²) in [6.07, 6.45) is 1.79. The molecule has 0 bridgehead atoms. The lowest BCUT2D eigenvalue weighted by Crippen LogP contribution is -2.43. The van der Waals surface area contributed by atoms with Crippen molar-refractivity contribution in [2.45, 2.75) is 6.04 Å². The van der Waals surface area contributed by atoms with Crippen LogP contribution in [0.5, 0.6) is 5.75 Å². The highest BCUT2D eigenvalue weighted by atomic mass is 16.5. The summed E-state index contributed by atoms with van der Waals surface area (Å²) >= 11 is 0. The van der Waals surface area contributed by atoms with Gasteiger partial charge < -0.3 is 14.8 Å². The molecule has 7 heteroatoms. The Morgan fingerprint density at radius 2 is 1.64 bits per heavy atom. The molecule has 184 valence electrons. The molecule has 3 aromatic carbocycles. The van der Waals surface area contributed by atoms with Gasteiger partial charge in [0.15, 0.2) is 0 Å². The minimum absolute atomic E-state index is 0.0536. The maximum Gasteiger partial charge on any atom is 0.255 e. The maximum absolute atomic E-state index is 13.7. The number of para-hydroxylation sites is 2. The summed E-state index contributed by atoms with van der Waals surface area (Å²) in [7, 11) is 1.62. The first-order chi connectivity index (χ1) is 17.7. The molecule has 0 saturated carbocycles. The van der Waals surface area contributed by atoms with Crippen molar-refractivity contribution in [3.63, 3.8) is 0 Å². The molecule has 2 heterocycles. The third-order valence-electron chi connectivity index (χ3n) is 6.47. The number of carbonyl (C=O) groups excluding carboxylic acids is 1. The number of morpholine rings is 1. The van der Waals surface area contributed by atoms with Crippen molar-refractivity contribution in [3.05, 3.63) is 102 Å². The van der Waals surface area contributed by atoms with E-state index in [0.29, 0.717) is 36.8 Å². The van der Waals surface area contributed by atoms with Gasteiger partial charge in [-0.1, -0.05) is 60.7 Å². The summed E-state index contributed by atoms with van der Waals surface area (Å²) in [4.78, 5) is 16.0. The predicted molar refractivity (Wildman–Crippen MR) is 139 cm³/mol. The van der Waals surface area contributed by atoms with E-state index in [4.69, 9.17) is 14.6 Å². The molecule has 1 aromatic heterocycles. The lowest BCUT2D eigenvalue weighted by atomic mass is 10.0. The van der Waals surface area contributed by atoms with Crippen LogP contribution in [0.4, 0.5) is 0 Å². The lowest BCUT2D eigenvalue weighted by Gasteiger charge is -2.34. The number of nitrogens with zero attached hydrogens (tertiary/aromatic N) is 3. The average molecular weight is 483 g/mol. The minimum atomic E-state index is -0.174. The normalized spacial score (nSPS) is 14.8. The zero-order chi connectivity index (χ0) is 24.7. The minimum Gasteiger partial charge on any atom is -0.496 e. The van der Waals surface area contributed by atoms with E-state index in [9.17, 15) is 4.79 Å². The van der Waals surface area contributed by atoms with Crippen LogP contribution in [0.2, 0.25) is 0 Å². The van der Waals surface area contributed by atoms with Crippen LogP contribution in [-0.2, 0) is 4.74 Å². The lowest BCUT2D eigenvalue weighted by molar-refractivity contribution is 0.0162. The van der Waals surface area contributed by atoms with E-state index >= 15 is 0 Å². The number of aromatic nitrogens is 2. The fraction of sp³-hybridized carbons (Fsp3) is 0.241. The van der Waals surface area contributed by atoms with Crippen LogP contribution in [0.15, 0.2) is 91.1 Å². The Kier molecular flexibility index (Phi) is 7.40. The van der Waals surface area contributed by atoms with Crippen LogP contribution in [0.3, 0.4) is 0 Å². The number of rotatable bonds is 8. The van der Waals surface area contributed by atoms with Crippen LogP contribution < -0.4 is 10.1 Å². The molecule has 1 atom stereocenters. The SMILES string of the molecule is COc1ccccc1-c1nn(-c2ccccc2)cc1C(=O)NC[C@@H](c1ccccc1)N1CCOCC1. The Hall–Kier alpha value is -3.94. The molecule has 36 heavy (non-hydrogen) atoms. The molecule has 4 aromatic rings. The zero-order valence-corrected chi connectivity index (χ0v) is 20.3. The molecular formula is C29H30N4O3. The van der Waals surface area contributed by atoms with E-state index in [1.807, 2.05) is 72.8 Å². The highest BCUT2D eigenvalue weighted by Gasteiger charge is 2.25. The Morgan fingerprint density at radius 1 is 0.972 bits per heavy atom. The van der Waals surface area contributed by atoms with Crippen LogP contribution in [0.25, 0.3) is 16.9 Å². The van der Waals surface area contributed by atoms with E-state index < -0.39 is 0 Å². The van der Waals surface area contributed by atoms with E-state index in [0.717, 1.165) is 24.3 Å². The second-order valence-electron chi connectivity index (χ2n) is 8.66. The Labute approximate surface area is 211 Å². The molecule has 1 fully saturated rings. The molecule has 0 spiro atoms. The largest absolute Gasteiger partial charge is 0.496 e. The summed E-state index contributed by atoms with van der Waals surface area (Å²) in [6.45, 7) is 3.52. The van der Waals surface area contributed by atoms with Gasteiger partial charge in [-0.2, -0.15) is 5.10 Å². The van der Waals surface area contributed by atoms with Crippen LogP contribution in [0.1, 0.15) is 22.0 Å². The van der Waals surface area contributed by atoms with Crippen LogP contribution >= 0.6 is 0 Å². The van der Waals surface area contributed by atoms with Crippen molar-refractivity contribution in [2.24, 2.45) is 0 Å². The highest BCUT2D eigenvalue weighted by Crippen LogP contribution is 2.32. The topological polar surface area (TPSA) is 68.6 Å². The number of nitrogens with one attached hydrogen (secondary N) is 1. The molecule has 1 aliphatic heterocycles. The number of hydrogen-bond acceptors (Lipinski definition) is 5. The monoisotopic (exact) mass is 482 g/mol. The smallest absolute Gasteiger partial charge is 0.255 e. The number of methoxy groups -OCH3 is 1. The Morgan fingerprint density at radius 3 is 2.36 bits per heavy atom. The summed E-state index contributed by atoms with van der Waals surface area (Å²) in [5.41, 5.74) is 3.90. The molecule has 1 aliphatic rings. The van der Waals surface area contributed by atoms with E-state index in [-0.39, 0.29) is 11.9 Å². The summed E-state index contributed by atoms with van der Waals surface area (Å²) in [5, 5.41) is 8.00. The summed E-state index contributed by atoms with van der Waals surface area (Å²) < 4.78 is 12.9. The molecule has 5 rings (SSSR count). The molecular weight excluding hydrogens is 452 g/mol. The molecule has 0 unspecified atom stereocenters. The Balaban J connectivity index is 1.46. The van der Waals surface area contributed by atoms with Gasteiger partial charge in [-0.05, 0) is 29.8 Å². The van der Waals surface area contributed by atoms with Crippen molar-refractivity contribution in [2.75, 3.05) is 40.0 Å². The average Bonchev–Trinajstić information content (AvgIpc) is 3.40. The number of benzene rings is 3. The second-order valence-corrected chi connectivity index (χ2v) is 8.66. The number of hydrogen-bond donors (Lipinski definition) is 1. The molecule has 0 aliphatic carbocycles. The Bertz CT molecular complexity index is 1280. The zero-order valence-electron chi connectivity index (χ0n) is 20.3. The van der Waals surface area contributed by atoms with Gasteiger partial charge in [-0.15, -0.1) is 0 Å². The molecule has 7 nitrogen and oxygen atoms in total. The van der Waals surface area contributed by atoms with Crippen molar-refractivity contribution in [1.29, 1.82) is 0 Å². The summed E-state index contributed by atoms with van der Waals surface area (Å²) in [6, 6.07) is 27.8. The van der Waals surface area contributed by atoms with Crippen molar-refractivity contribution in [3.8, 4) is 22.7 Å². The molecule has 1 saturated heterocycles. The fourth-order valence-corrected chi connectivity index (χ4v) is 4.60. The fourth-order valence-electron chi connectivity index (χ4n) is 4.60. The standard InChI is InChI=1S/C29H30N4O3/c1-35-27-15-9-8-14-24(27)28-25(21-33(31-28)23-12-6-3-7-13-23)29(34)30-20-26(22-10-4-2-5-11-22)32-16-18-36-19-17-32/h2-15,21,26H,16-20H2,1H3,(H,30,34)/t26-/m0/s1. The highest BCUT2D eigenvalue weighted by molar-refractivity contribution is 6.00. The predicted octanol–water partition coefficient (Wildman–Crippen LogP) is 4.35. The van der Waals surface area contributed by atoms with E-state index in [2.05, 4.69) is 22.3 Å². The van der Waals surface area contributed by atoms with Crippen molar-refractivity contribution >= 4 is 5.91 Å². The third kappa shape index (κ3) is 5.17. The number of carbonyl (C=O) groups is 1.